The highest BCUT2D eigenvalue weighted by molar-refractivity contribution is 9.10. The average molecular weight is 299 g/mol. The van der Waals surface area contributed by atoms with Gasteiger partial charge in [0, 0.05) is 23.8 Å². The zero-order valence-electron chi connectivity index (χ0n) is 9.45. The second-order valence-corrected chi connectivity index (χ2v) is 4.96. The van der Waals surface area contributed by atoms with Crippen molar-refractivity contribution in [3.63, 3.8) is 0 Å². The van der Waals surface area contributed by atoms with Crippen molar-refractivity contribution in [1.29, 1.82) is 0 Å². The molecular formula is C11H15BrN4O. The van der Waals surface area contributed by atoms with Gasteiger partial charge in [-0.3, -0.25) is 4.79 Å². The van der Waals surface area contributed by atoms with Crippen molar-refractivity contribution in [3.8, 4) is 0 Å². The lowest BCUT2D eigenvalue weighted by Gasteiger charge is -2.27. The average Bonchev–Trinajstić information content (AvgIpc) is 2.39. The monoisotopic (exact) mass is 298 g/mol. The SMILES string of the molecule is NNc1ncc(Br)cc1C(=O)N1CCCCC1. The Kier molecular flexibility index (Phi) is 3.96. The number of piperidine rings is 1. The number of aromatic nitrogens is 1. The minimum Gasteiger partial charge on any atom is -0.339 e. The van der Waals surface area contributed by atoms with Crippen LogP contribution in [-0.4, -0.2) is 28.9 Å². The Morgan fingerprint density at radius 3 is 2.76 bits per heavy atom. The molecule has 1 amide bonds. The van der Waals surface area contributed by atoms with Gasteiger partial charge in [0.25, 0.3) is 5.91 Å². The molecule has 0 atom stereocenters. The first-order chi connectivity index (χ1) is 8.22. The van der Waals surface area contributed by atoms with E-state index in [-0.39, 0.29) is 5.91 Å². The Hall–Kier alpha value is -1.14. The minimum absolute atomic E-state index is 0.00792. The van der Waals surface area contributed by atoms with E-state index in [9.17, 15) is 4.79 Å². The van der Waals surface area contributed by atoms with E-state index in [1.165, 1.54) is 6.42 Å². The molecule has 6 heteroatoms. The smallest absolute Gasteiger partial charge is 0.257 e. The van der Waals surface area contributed by atoms with Crippen molar-refractivity contribution in [3.05, 3.63) is 22.3 Å². The molecule has 0 aromatic carbocycles. The zero-order valence-corrected chi connectivity index (χ0v) is 11.0. The fourth-order valence-electron chi connectivity index (χ4n) is 1.98. The lowest BCUT2D eigenvalue weighted by Crippen LogP contribution is -2.36. The van der Waals surface area contributed by atoms with Gasteiger partial charge < -0.3 is 10.3 Å². The highest BCUT2D eigenvalue weighted by Crippen LogP contribution is 2.21. The van der Waals surface area contributed by atoms with E-state index in [2.05, 4.69) is 26.3 Å². The van der Waals surface area contributed by atoms with Crippen LogP contribution in [0.15, 0.2) is 16.7 Å². The van der Waals surface area contributed by atoms with E-state index in [0.717, 1.165) is 30.4 Å². The molecule has 1 aliphatic heterocycles. The Bertz CT molecular complexity index is 418. The summed E-state index contributed by atoms with van der Waals surface area (Å²) in [6.07, 6.45) is 4.95. The van der Waals surface area contributed by atoms with Crippen LogP contribution in [0.25, 0.3) is 0 Å². The fourth-order valence-corrected chi connectivity index (χ4v) is 2.32. The maximum absolute atomic E-state index is 12.3. The number of hydrogen-bond donors (Lipinski definition) is 2. The second-order valence-electron chi connectivity index (χ2n) is 4.05. The third-order valence-corrected chi connectivity index (χ3v) is 3.30. The number of pyridine rings is 1. The minimum atomic E-state index is -0.00792. The van der Waals surface area contributed by atoms with Crippen LogP contribution in [0.2, 0.25) is 0 Å². The third kappa shape index (κ3) is 2.76. The molecule has 0 unspecified atom stereocenters. The molecule has 5 nitrogen and oxygen atoms in total. The Morgan fingerprint density at radius 1 is 1.41 bits per heavy atom. The number of nitrogens with one attached hydrogen (secondary N) is 1. The van der Waals surface area contributed by atoms with Crippen molar-refractivity contribution < 1.29 is 4.79 Å². The molecule has 3 N–H and O–H groups in total. The third-order valence-electron chi connectivity index (χ3n) is 2.86. The van der Waals surface area contributed by atoms with Gasteiger partial charge in [0.05, 0.1) is 5.56 Å². The van der Waals surface area contributed by atoms with Gasteiger partial charge in [-0.15, -0.1) is 0 Å². The summed E-state index contributed by atoms with van der Waals surface area (Å²) in [7, 11) is 0. The van der Waals surface area contributed by atoms with Crippen LogP contribution in [0.5, 0.6) is 0 Å². The summed E-state index contributed by atoms with van der Waals surface area (Å²) >= 11 is 3.32. The van der Waals surface area contributed by atoms with Gasteiger partial charge in [0.2, 0.25) is 0 Å². The quantitative estimate of drug-likeness (QED) is 0.645. The maximum atomic E-state index is 12.3. The number of carbonyl (C=O) groups excluding carboxylic acids is 1. The van der Waals surface area contributed by atoms with Crippen LogP contribution in [0.1, 0.15) is 29.6 Å². The number of halogens is 1. The molecule has 0 spiro atoms. The van der Waals surface area contributed by atoms with E-state index in [1.807, 2.05) is 4.90 Å². The molecule has 92 valence electrons. The van der Waals surface area contributed by atoms with Crippen molar-refractivity contribution in [1.82, 2.24) is 9.88 Å². The molecule has 1 fully saturated rings. The first kappa shape index (κ1) is 12.3. The van der Waals surface area contributed by atoms with Gasteiger partial charge in [0.1, 0.15) is 0 Å². The number of hydrazine groups is 1. The number of amides is 1. The molecule has 2 rings (SSSR count). The molecule has 1 aromatic rings. The Labute approximate surface area is 108 Å². The Morgan fingerprint density at radius 2 is 2.12 bits per heavy atom. The summed E-state index contributed by atoms with van der Waals surface area (Å²) in [5.41, 5.74) is 2.98. The lowest BCUT2D eigenvalue weighted by atomic mass is 10.1. The molecule has 1 saturated heterocycles. The molecule has 0 aliphatic carbocycles. The van der Waals surface area contributed by atoms with Gasteiger partial charge in [-0.05, 0) is 41.3 Å². The largest absolute Gasteiger partial charge is 0.339 e. The summed E-state index contributed by atoms with van der Waals surface area (Å²) in [6, 6.07) is 1.75. The van der Waals surface area contributed by atoms with E-state index in [0.29, 0.717) is 11.4 Å². The first-order valence-electron chi connectivity index (χ1n) is 5.64. The van der Waals surface area contributed by atoms with Gasteiger partial charge in [-0.2, -0.15) is 0 Å². The van der Waals surface area contributed by atoms with Crippen LogP contribution in [0.4, 0.5) is 5.82 Å². The first-order valence-corrected chi connectivity index (χ1v) is 6.43. The zero-order chi connectivity index (χ0) is 12.3. The normalized spacial score (nSPS) is 15.8. The van der Waals surface area contributed by atoms with Crippen molar-refractivity contribution >= 4 is 27.7 Å². The molecule has 0 bridgehead atoms. The van der Waals surface area contributed by atoms with Gasteiger partial charge in [0.15, 0.2) is 5.82 Å². The predicted molar refractivity (Wildman–Crippen MR) is 69.5 cm³/mol. The highest BCUT2D eigenvalue weighted by Gasteiger charge is 2.21. The molecular weight excluding hydrogens is 284 g/mol. The van der Waals surface area contributed by atoms with Gasteiger partial charge >= 0.3 is 0 Å². The van der Waals surface area contributed by atoms with Gasteiger partial charge in [-0.25, -0.2) is 10.8 Å². The maximum Gasteiger partial charge on any atom is 0.257 e. The topological polar surface area (TPSA) is 71.2 Å². The predicted octanol–water partition coefficient (Wildman–Crippen LogP) is 1.76. The summed E-state index contributed by atoms with van der Waals surface area (Å²) < 4.78 is 0.775. The summed E-state index contributed by atoms with van der Waals surface area (Å²) in [5, 5.41) is 0. The van der Waals surface area contributed by atoms with Gasteiger partial charge in [-0.1, -0.05) is 0 Å². The van der Waals surface area contributed by atoms with Crippen LogP contribution < -0.4 is 11.3 Å². The Balaban J connectivity index is 2.25. The van der Waals surface area contributed by atoms with E-state index in [1.54, 1.807) is 12.3 Å². The van der Waals surface area contributed by atoms with Crippen LogP contribution in [0, 0.1) is 0 Å². The number of likely N-dealkylation sites (tertiary alicyclic amines) is 1. The number of rotatable bonds is 2. The second kappa shape index (κ2) is 5.46. The summed E-state index contributed by atoms with van der Waals surface area (Å²) in [4.78, 5) is 18.2. The number of nitrogen functional groups attached to an aromatic ring is 1. The number of hydrogen-bond acceptors (Lipinski definition) is 4. The lowest BCUT2D eigenvalue weighted by molar-refractivity contribution is 0.0725. The van der Waals surface area contributed by atoms with Crippen molar-refractivity contribution in [2.45, 2.75) is 19.3 Å². The number of carbonyl (C=O) groups is 1. The number of anilines is 1. The molecule has 2 heterocycles. The summed E-state index contributed by atoms with van der Waals surface area (Å²) in [5.74, 6) is 5.78. The molecule has 17 heavy (non-hydrogen) atoms. The van der Waals surface area contributed by atoms with Crippen LogP contribution in [0.3, 0.4) is 0 Å². The van der Waals surface area contributed by atoms with Crippen LogP contribution in [-0.2, 0) is 0 Å². The molecule has 1 aliphatic rings. The standard InChI is InChI=1S/C11H15BrN4O/c12-8-6-9(10(15-13)14-7-8)11(17)16-4-2-1-3-5-16/h6-7H,1-5,13H2,(H,14,15). The number of nitrogens with two attached hydrogens (primary N) is 1. The summed E-state index contributed by atoms with van der Waals surface area (Å²) in [6.45, 7) is 1.63. The van der Waals surface area contributed by atoms with Crippen molar-refractivity contribution in [2.24, 2.45) is 5.84 Å². The molecule has 1 aromatic heterocycles. The van der Waals surface area contributed by atoms with E-state index < -0.39 is 0 Å². The van der Waals surface area contributed by atoms with E-state index in [4.69, 9.17) is 5.84 Å². The van der Waals surface area contributed by atoms with Crippen LogP contribution >= 0.6 is 15.9 Å². The fraction of sp³-hybridized carbons (Fsp3) is 0.455. The van der Waals surface area contributed by atoms with E-state index >= 15 is 0 Å². The molecule has 0 saturated carbocycles. The number of nitrogens with zero attached hydrogens (tertiary/aromatic N) is 2. The molecule has 0 radical (unpaired) electrons. The highest BCUT2D eigenvalue weighted by atomic mass is 79.9. The van der Waals surface area contributed by atoms with Crippen molar-refractivity contribution in [2.75, 3.05) is 18.5 Å².